The zero-order valence-electron chi connectivity index (χ0n) is 26.7. The summed E-state index contributed by atoms with van der Waals surface area (Å²) in [6.07, 6.45) is 1.79. The van der Waals surface area contributed by atoms with Gasteiger partial charge in [-0.2, -0.15) is 0 Å². The van der Waals surface area contributed by atoms with Crippen LogP contribution in [-0.4, -0.2) is 76.5 Å². The van der Waals surface area contributed by atoms with E-state index in [4.69, 9.17) is 9.72 Å². The predicted molar refractivity (Wildman–Crippen MR) is 183 cm³/mol. The third kappa shape index (κ3) is 6.57. The van der Waals surface area contributed by atoms with Crippen LogP contribution >= 0.6 is 0 Å². The van der Waals surface area contributed by atoms with E-state index >= 15 is 0 Å². The van der Waals surface area contributed by atoms with Crippen molar-refractivity contribution >= 4 is 16.9 Å². The van der Waals surface area contributed by atoms with Crippen molar-refractivity contribution in [3.63, 3.8) is 0 Å². The third-order valence-corrected chi connectivity index (χ3v) is 9.76. The first-order chi connectivity index (χ1) is 22.7. The Hall–Kier alpha value is -4.46. The summed E-state index contributed by atoms with van der Waals surface area (Å²) >= 11 is 0. The molecule has 0 spiro atoms. The Morgan fingerprint density at radius 1 is 0.739 bits per heavy atom. The molecule has 2 saturated heterocycles. The first-order valence-electron chi connectivity index (χ1n) is 16.6. The molecule has 7 nitrogen and oxygen atoms in total. The van der Waals surface area contributed by atoms with Crippen LogP contribution in [0.25, 0.3) is 11.0 Å². The van der Waals surface area contributed by atoms with E-state index in [-0.39, 0.29) is 12.0 Å². The summed E-state index contributed by atoms with van der Waals surface area (Å²) in [6.45, 7) is 6.68. The maximum absolute atomic E-state index is 13.7. The fourth-order valence-electron chi connectivity index (χ4n) is 7.22. The Balaban J connectivity index is 0.965. The minimum Gasteiger partial charge on any atom is -0.497 e. The van der Waals surface area contributed by atoms with Gasteiger partial charge in [-0.25, -0.2) is 4.98 Å². The molecule has 46 heavy (non-hydrogen) atoms. The average molecular weight is 614 g/mol. The number of para-hydroxylation sites is 2. The number of hydrogen-bond acceptors (Lipinski definition) is 5. The lowest BCUT2D eigenvalue weighted by Crippen LogP contribution is -2.52. The van der Waals surface area contributed by atoms with E-state index in [1.165, 1.54) is 16.7 Å². The lowest BCUT2D eigenvalue weighted by molar-refractivity contribution is -0.139. The summed E-state index contributed by atoms with van der Waals surface area (Å²) in [5, 5.41) is 0. The largest absolute Gasteiger partial charge is 0.497 e. The Morgan fingerprint density at radius 2 is 1.35 bits per heavy atom. The van der Waals surface area contributed by atoms with Crippen molar-refractivity contribution in [2.45, 2.75) is 32.0 Å². The van der Waals surface area contributed by atoms with E-state index < -0.39 is 0 Å². The molecule has 1 aromatic heterocycles. The first-order valence-corrected chi connectivity index (χ1v) is 16.6. The van der Waals surface area contributed by atoms with Crippen LogP contribution in [0.3, 0.4) is 0 Å². The molecular weight excluding hydrogens is 570 g/mol. The number of carbonyl (C=O) groups is 1. The number of amides is 1. The number of piperidine rings is 1. The molecule has 0 saturated carbocycles. The van der Waals surface area contributed by atoms with Gasteiger partial charge >= 0.3 is 0 Å². The highest BCUT2D eigenvalue weighted by Crippen LogP contribution is 2.30. The fraction of sp³-hybridized carbons (Fsp3) is 0.333. The molecule has 2 fully saturated rings. The SMILES string of the molecule is COc1ccc(Cn2c(CN3CCC(C(=O)N4CCN(C(c5ccccc5)c5ccccc5)CC4)CC3)nc3ccccc32)cc1. The van der Waals surface area contributed by atoms with Gasteiger partial charge < -0.3 is 14.2 Å². The monoisotopic (exact) mass is 613 g/mol. The summed E-state index contributed by atoms with van der Waals surface area (Å²) in [5.41, 5.74) is 6.00. The number of ether oxygens (including phenoxy) is 1. The van der Waals surface area contributed by atoms with Crippen LogP contribution < -0.4 is 4.74 Å². The molecule has 3 heterocycles. The predicted octanol–water partition coefficient (Wildman–Crippen LogP) is 6.24. The average Bonchev–Trinajstić information content (AvgIpc) is 3.46. The fourth-order valence-corrected chi connectivity index (χ4v) is 7.22. The maximum atomic E-state index is 13.7. The second kappa shape index (κ2) is 13.9. The van der Waals surface area contributed by atoms with Gasteiger partial charge in [-0.05, 0) is 66.9 Å². The van der Waals surface area contributed by atoms with Gasteiger partial charge in [0.25, 0.3) is 0 Å². The zero-order chi connectivity index (χ0) is 31.3. The molecule has 4 aromatic carbocycles. The van der Waals surface area contributed by atoms with Crippen LogP contribution in [0, 0.1) is 5.92 Å². The van der Waals surface area contributed by atoms with Crippen LogP contribution in [0.4, 0.5) is 0 Å². The molecule has 0 radical (unpaired) electrons. The molecule has 236 valence electrons. The van der Waals surface area contributed by atoms with Gasteiger partial charge in [0.15, 0.2) is 0 Å². The number of imidazole rings is 1. The van der Waals surface area contributed by atoms with Gasteiger partial charge in [-0.1, -0.05) is 84.9 Å². The molecule has 0 atom stereocenters. The topological polar surface area (TPSA) is 53.8 Å². The second-order valence-electron chi connectivity index (χ2n) is 12.6. The Kier molecular flexibility index (Phi) is 9.12. The number of piperazine rings is 1. The third-order valence-electron chi connectivity index (χ3n) is 9.76. The Morgan fingerprint density at radius 3 is 1.98 bits per heavy atom. The molecule has 0 bridgehead atoms. The van der Waals surface area contributed by atoms with E-state index in [0.29, 0.717) is 5.91 Å². The molecule has 5 aromatic rings. The van der Waals surface area contributed by atoms with Crippen LogP contribution in [-0.2, 0) is 17.9 Å². The standard InChI is InChI=1S/C39H43N5O2/c1-46-34-18-16-30(17-19-34)28-44-36-15-9-8-14-35(36)40-37(44)29-41-22-20-33(21-23-41)39(45)43-26-24-42(25-27-43)38(31-10-4-2-5-11-31)32-12-6-3-7-13-32/h2-19,33,38H,20-29H2,1H3. The van der Waals surface area contributed by atoms with Crippen LogP contribution in [0.15, 0.2) is 109 Å². The van der Waals surface area contributed by atoms with Gasteiger partial charge in [0.1, 0.15) is 11.6 Å². The zero-order valence-corrected chi connectivity index (χ0v) is 26.7. The number of carbonyl (C=O) groups excluding carboxylic acids is 1. The number of likely N-dealkylation sites (tertiary alicyclic amines) is 1. The summed E-state index contributed by atoms with van der Waals surface area (Å²) in [5.74, 6) is 2.37. The number of fused-ring (bicyclic) bond motifs is 1. The van der Waals surface area contributed by atoms with Gasteiger partial charge in [-0.15, -0.1) is 0 Å². The first kappa shape index (κ1) is 30.2. The molecule has 0 aliphatic carbocycles. The van der Waals surface area contributed by atoms with E-state index in [1.54, 1.807) is 7.11 Å². The molecular formula is C39H43N5O2. The lowest BCUT2D eigenvalue weighted by Gasteiger charge is -2.41. The van der Waals surface area contributed by atoms with Crippen molar-refractivity contribution in [1.82, 2.24) is 24.3 Å². The highest BCUT2D eigenvalue weighted by molar-refractivity contribution is 5.79. The minimum absolute atomic E-state index is 0.0972. The smallest absolute Gasteiger partial charge is 0.225 e. The molecule has 0 N–H and O–H groups in total. The lowest BCUT2D eigenvalue weighted by atomic mass is 9.94. The van der Waals surface area contributed by atoms with Gasteiger partial charge in [0, 0.05) is 38.6 Å². The molecule has 1 amide bonds. The van der Waals surface area contributed by atoms with Crippen LogP contribution in [0.1, 0.15) is 41.4 Å². The van der Waals surface area contributed by atoms with Crippen molar-refractivity contribution in [2.75, 3.05) is 46.4 Å². The van der Waals surface area contributed by atoms with E-state index in [2.05, 4.69) is 116 Å². The molecule has 2 aliphatic rings. The van der Waals surface area contributed by atoms with Crippen molar-refractivity contribution in [3.8, 4) is 5.75 Å². The number of rotatable bonds is 9. The molecule has 2 aliphatic heterocycles. The van der Waals surface area contributed by atoms with Crippen molar-refractivity contribution in [2.24, 2.45) is 5.92 Å². The van der Waals surface area contributed by atoms with Gasteiger partial charge in [0.2, 0.25) is 5.91 Å². The van der Waals surface area contributed by atoms with Gasteiger partial charge in [-0.3, -0.25) is 14.6 Å². The number of methoxy groups -OCH3 is 1. The number of nitrogens with zero attached hydrogens (tertiary/aromatic N) is 5. The van der Waals surface area contributed by atoms with Gasteiger partial charge in [0.05, 0.1) is 30.7 Å². The summed E-state index contributed by atoms with van der Waals surface area (Å²) < 4.78 is 7.69. The van der Waals surface area contributed by atoms with E-state index in [1.807, 2.05) is 12.1 Å². The van der Waals surface area contributed by atoms with Crippen LogP contribution in [0.5, 0.6) is 5.75 Å². The molecule has 7 rings (SSSR count). The minimum atomic E-state index is 0.0972. The Bertz CT molecular complexity index is 1680. The Labute approximate surface area is 272 Å². The van der Waals surface area contributed by atoms with Crippen molar-refractivity contribution in [1.29, 1.82) is 0 Å². The summed E-state index contributed by atoms with van der Waals surface area (Å²) in [6, 6.07) is 38.4. The molecule has 0 unspecified atom stereocenters. The van der Waals surface area contributed by atoms with Crippen molar-refractivity contribution in [3.05, 3.63) is 132 Å². The normalized spacial score (nSPS) is 16.7. The number of aromatic nitrogens is 2. The number of benzene rings is 4. The number of hydrogen-bond donors (Lipinski definition) is 0. The van der Waals surface area contributed by atoms with E-state index in [9.17, 15) is 4.79 Å². The maximum Gasteiger partial charge on any atom is 0.225 e. The second-order valence-corrected chi connectivity index (χ2v) is 12.6. The quantitative estimate of drug-likeness (QED) is 0.197. The van der Waals surface area contributed by atoms with Crippen LogP contribution in [0.2, 0.25) is 0 Å². The highest BCUT2D eigenvalue weighted by atomic mass is 16.5. The molecule has 7 heteroatoms. The van der Waals surface area contributed by atoms with E-state index in [0.717, 1.165) is 87.8 Å². The van der Waals surface area contributed by atoms with Crippen molar-refractivity contribution < 1.29 is 9.53 Å². The summed E-state index contributed by atoms with van der Waals surface area (Å²) in [4.78, 5) is 25.9. The highest BCUT2D eigenvalue weighted by Gasteiger charge is 2.33. The summed E-state index contributed by atoms with van der Waals surface area (Å²) in [7, 11) is 1.70.